The summed E-state index contributed by atoms with van der Waals surface area (Å²) < 4.78 is 0.0751. The van der Waals surface area contributed by atoms with Crippen molar-refractivity contribution in [3.8, 4) is 0 Å². The van der Waals surface area contributed by atoms with E-state index in [4.69, 9.17) is 0 Å². The molecule has 0 saturated carbocycles. The molecule has 0 atom stereocenters. The Kier molecular flexibility index (Phi) is 3.95. The number of nitrogens with one attached hydrogen (secondary N) is 1. The van der Waals surface area contributed by atoms with E-state index in [0.29, 0.717) is 12.2 Å². The fourth-order valence-electron chi connectivity index (χ4n) is 0.781. The van der Waals surface area contributed by atoms with Crippen molar-refractivity contribution in [1.29, 1.82) is 0 Å². The minimum Gasteiger partial charge on any atom is -0.349 e. The van der Waals surface area contributed by atoms with Gasteiger partial charge in [-0.3, -0.25) is 4.79 Å². The average Bonchev–Trinajstić information content (AvgIpc) is 2.67. The lowest BCUT2D eigenvalue weighted by Crippen LogP contribution is -2.36. The smallest absolute Gasteiger partial charge is 0.270 e. The van der Waals surface area contributed by atoms with Crippen molar-refractivity contribution < 1.29 is 4.79 Å². The van der Waals surface area contributed by atoms with Gasteiger partial charge in [0.2, 0.25) is 0 Å². The minimum atomic E-state index is -0.0895. The summed E-state index contributed by atoms with van der Waals surface area (Å²) in [5.74, 6) is -0.0895. The maximum atomic E-state index is 11.5. The van der Waals surface area contributed by atoms with Gasteiger partial charge in [0.05, 0.1) is 5.51 Å². The van der Waals surface area contributed by atoms with Crippen molar-refractivity contribution in [2.45, 2.75) is 18.6 Å². The van der Waals surface area contributed by atoms with Crippen LogP contribution in [0.1, 0.15) is 24.3 Å². The molecule has 78 valence electrons. The monoisotopic (exact) mass is 230 g/mol. The predicted octanol–water partition coefficient (Wildman–Crippen LogP) is 2.01. The summed E-state index contributed by atoms with van der Waals surface area (Å²) >= 11 is 3.16. The molecule has 1 amide bonds. The first-order valence-electron chi connectivity index (χ1n) is 4.27. The van der Waals surface area contributed by atoms with Crippen LogP contribution in [0.4, 0.5) is 0 Å². The van der Waals surface area contributed by atoms with Crippen LogP contribution in [-0.4, -0.2) is 28.4 Å². The molecular formula is C9H14N2OS2. The Morgan fingerprint density at radius 2 is 2.43 bits per heavy atom. The van der Waals surface area contributed by atoms with E-state index < -0.39 is 0 Å². The first-order valence-corrected chi connectivity index (χ1v) is 6.43. The second-order valence-corrected chi connectivity index (χ2v) is 5.75. The summed E-state index contributed by atoms with van der Waals surface area (Å²) in [4.78, 5) is 15.4. The Balaban J connectivity index is 2.43. The van der Waals surface area contributed by atoms with Crippen molar-refractivity contribution in [3.05, 3.63) is 16.6 Å². The average molecular weight is 230 g/mol. The van der Waals surface area contributed by atoms with E-state index in [1.54, 1.807) is 22.7 Å². The normalized spacial score (nSPS) is 11.4. The highest BCUT2D eigenvalue weighted by Gasteiger charge is 2.17. The van der Waals surface area contributed by atoms with Crippen LogP contribution in [0.5, 0.6) is 0 Å². The third-order valence-corrected chi connectivity index (χ3v) is 3.73. The van der Waals surface area contributed by atoms with Crippen molar-refractivity contribution in [3.63, 3.8) is 0 Å². The van der Waals surface area contributed by atoms with E-state index in [1.807, 2.05) is 6.26 Å². The summed E-state index contributed by atoms with van der Waals surface area (Å²) in [5, 5.41) is 4.61. The van der Waals surface area contributed by atoms with E-state index >= 15 is 0 Å². The molecule has 1 aromatic heterocycles. The summed E-state index contributed by atoms with van der Waals surface area (Å²) in [6.07, 6.45) is 2.04. The number of carbonyl (C=O) groups excluding carboxylic acids is 1. The van der Waals surface area contributed by atoms with Crippen LogP contribution >= 0.6 is 23.1 Å². The van der Waals surface area contributed by atoms with Crippen LogP contribution in [0, 0.1) is 0 Å². The first kappa shape index (κ1) is 11.5. The molecule has 0 unspecified atom stereocenters. The van der Waals surface area contributed by atoms with E-state index in [0.717, 1.165) is 0 Å². The van der Waals surface area contributed by atoms with Gasteiger partial charge < -0.3 is 5.32 Å². The second-order valence-electron chi connectivity index (χ2n) is 3.52. The Morgan fingerprint density at radius 1 is 1.71 bits per heavy atom. The molecule has 0 aliphatic rings. The van der Waals surface area contributed by atoms with Gasteiger partial charge in [0.25, 0.3) is 5.91 Å². The SMILES string of the molecule is CSC(C)(C)CNC(=O)c1cscn1. The van der Waals surface area contributed by atoms with Crippen molar-refractivity contribution in [2.24, 2.45) is 0 Å². The van der Waals surface area contributed by atoms with Crippen LogP contribution in [0.15, 0.2) is 10.9 Å². The van der Waals surface area contributed by atoms with Crippen LogP contribution in [0.25, 0.3) is 0 Å². The second kappa shape index (κ2) is 4.79. The molecule has 0 radical (unpaired) electrons. The van der Waals surface area contributed by atoms with Gasteiger partial charge in [-0.1, -0.05) is 0 Å². The minimum absolute atomic E-state index is 0.0751. The molecule has 1 heterocycles. The van der Waals surface area contributed by atoms with E-state index in [-0.39, 0.29) is 10.7 Å². The molecule has 0 spiro atoms. The van der Waals surface area contributed by atoms with Crippen molar-refractivity contribution in [1.82, 2.24) is 10.3 Å². The molecular weight excluding hydrogens is 216 g/mol. The predicted molar refractivity (Wildman–Crippen MR) is 62.0 cm³/mol. The number of rotatable bonds is 4. The topological polar surface area (TPSA) is 42.0 Å². The number of thioether (sulfide) groups is 1. The van der Waals surface area contributed by atoms with Crippen LogP contribution in [0.3, 0.4) is 0 Å². The third-order valence-electron chi connectivity index (χ3n) is 1.89. The van der Waals surface area contributed by atoms with Crippen LogP contribution in [0.2, 0.25) is 0 Å². The molecule has 0 aliphatic heterocycles. The van der Waals surface area contributed by atoms with E-state index in [1.165, 1.54) is 11.3 Å². The standard InChI is InChI=1S/C9H14N2OS2/c1-9(2,13-3)5-10-8(12)7-4-14-6-11-7/h4,6H,5H2,1-3H3,(H,10,12). The zero-order valence-corrected chi connectivity index (χ0v) is 10.2. The lowest BCUT2D eigenvalue weighted by atomic mass is 10.2. The number of carbonyl (C=O) groups is 1. The van der Waals surface area contributed by atoms with Gasteiger partial charge in [-0.2, -0.15) is 11.8 Å². The zero-order valence-electron chi connectivity index (χ0n) is 8.53. The van der Waals surface area contributed by atoms with Gasteiger partial charge in [0, 0.05) is 16.7 Å². The lowest BCUT2D eigenvalue weighted by molar-refractivity contribution is 0.0946. The van der Waals surface area contributed by atoms with Gasteiger partial charge in [-0.05, 0) is 20.1 Å². The maximum absolute atomic E-state index is 11.5. The zero-order chi connectivity index (χ0) is 10.6. The summed E-state index contributed by atoms with van der Waals surface area (Å²) in [7, 11) is 0. The van der Waals surface area contributed by atoms with E-state index in [2.05, 4.69) is 24.1 Å². The molecule has 0 aliphatic carbocycles. The first-order chi connectivity index (χ1) is 6.55. The molecule has 14 heavy (non-hydrogen) atoms. The lowest BCUT2D eigenvalue weighted by Gasteiger charge is -2.21. The number of nitrogens with zero attached hydrogens (tertiary/aromatic N) is 1. The third kappa shape index (κ3) is 3.31. The largest absolute Gasteiger partial charge is 0.349 e. The molecule has 1 aromatic rings. The fourth-order valence-corrected chi connectivity index (χ4v) is 1.53. The van der Waals surface area contributed by atoms with Gasteiger partial charge >= 0.3 is 0 Å². The van der Waals surface area contributed by atoms with Gasteiger partial charge in [0.15, 0.2) is 0 Å². The number of thiazole rings is 1. The number of hydrogen-bond acceptors (Lipinski definition) is 4. The fraction of sp³-hybridized carbons (Fsp3) is 0.556. The molecule has 0 saturated heterocycles. The Labute approximate surface area is 92.3 Å². The van der Waals surface area contributed by atoms with Crippen molar-refractivity contribution in [2.75, 3.05) is 12.8 Å². The van der Waals surface area contributed by atoms with Gasteiger partial charge in [-0.15, -0.1) is 11.3 Å². The Morgan fingerprint density at radius 3 is 2.93 bits per heavy atom. The van der Waals surface area contributed by atoms with Gasteiger partial charge in [0.1, 0.15) is 5.69 Å². The van der Waals surface area contributed by atoms with Crippen LogP contribution in [-0.2, 0) is 0 Å². The van der Waals surface area contributed by atoms with Gasteiger partial charge in [-0.25, -0.2) is 4.98 Å². The van der Waals surface area contributed by atoms with Crippen LogP contribution < -0.4 is 5.32 Å². The highest BCUT2D eigenvalue weighted by atomic mass is 32.2. The summed E-state index contributed by atoms with van der Waals surface area (Å²) in [5.41, 5.74) is 2.17. The Hall–Kier alpha value is -0.550. The Bertz CT molecular complexity index is 296. The quantitative estimate of drug-likeness (QED) is 0.860. The molecule has 0 bridgehead atoms. The van der Waals surface area contributed by atoms with Crippen molar-refractivity contribution >= 4 is 29.0 Å². The highest BCUT2D eigenvalue weighted by Crippen LogP contribution is 2.19. The molecule has 1 rings (SSSR count). The van der Waals surface area contributed by atoms with E-state index in [9.17, 15) is 4.79 Å². The molecule has 5 heteroatoms. The summed E-state index contributed by atoms with van der Waals surface area (Å²) in [6.45, 7) is 4.85. The molecule has 1 N–H and O–H groups in total. The number of hydrogen-bond donors (Lipinski definition) is 1. The maximum Gasteiger partial charge on any atom is 0.270 e. The summed E-state index contributed by atoms with van der Waals surface area (Å²) in [6, 6.07) is 0. The molecule has 0 aromatic carbocycles. The number of amides is 1. The highest BCUT2D eigenvalue weighted by molar-refractivity contribution is 7.99. The molecule has 3 nitrogen and oxygen atoms in total. The number of aromatic nitrogens is 1. The molecule has 0 fully saturated rings.